The minimum atomic E-state index is 0.699. The maximum absolute atomic E-state index is 6.07. The van der Waals surface area contributed by atoms with Gasteiger partial charge in [-0.25, -0.2) is 0 Å². The molecule has 0 bridgehead atoms. The fraction of sp³-hybridized carbons (Fsp3) is 0. The van der Waals surface area contributed by atoms with Crippen molar-refractivity contribution in [2.75, 3.05) is 5.73 Å². The summed E-state index contributed by atoms with van der Waals surface area (Å²) in [4.78, 5) is 5.23. The first-order valence-electron chi connectivity index (χ1n) is 5.03. The summed E-state index contributed by atoms with van der Waals surface area (Å²) in [5.41, 5.74) is 7.71. The molecule has 3 aromatic rings. The summed E-state index contributed by atoms with van der Waals surface area (Å²) in [5, 5.41) is 3.11. The largest absolute Gasteiger partial charge is 0.397 e. The van der Waals surface area contributed by atoms with E-state index in [1.807, 2.05) is 36.4 Å². The van der Waals surface area contributed by atoms with Gasteiger partial charge < -0.3 is 5.73 Å². The second-order valence-corrected chi connectivity index (χ2v) is 4.15. The van der Waals surface area contributed by atoms with Gasteiger partial charge in [0.1, 0.15) is 0 Å². The molecule has 0 saturated heterocycles. The van der Waals surface area contributed by atoms with Gasteiger partial charge in [0.05, 0.1) is 11.2 Å². The molecule has 1 heterocycles. The average Bonchev–Trinajstić information content (AvgIpc) is 2.36. The molecule has 0 aliphatic carbocycles. The third-order valence-corrected chi connectivity index (χ3v) is 3.27. The van der Waals surface area contributed by atoms with E-state index < -0.39 is 0 Å². The van der Waals surface area contributed by atoms with E-state index in [1.54, 1.807) is 6.20 Å². The van der Waals surface area contributed by atoms with E-state index in [2.05, 4.69) is 17.6 Å². The SMILES string of the molecule is Nc1c(S)c2ccccc2c2ncccc12. The van der Waals surface area contributed by atoms with Crippen LogP contribution in [0.4, 0.5) is 5.69 Å². The number of aromatic nitrogens is 1. The summed E-state index contributed by atoms with van der Waals surface area (Å²) in [6.45, 7) is 0. The molecule has 0 spiro atoms. The maximum atomic E-state index is 6.07. The smallest absolute Gasteiger partial charge is 0.0801 e. The highest BCUT2D eigenvalue weighted by atomic mass is 32.1. The Balaban J connectivity index is 2.69. The molecule has 2 nitrogen and oxygen atoms in total. The molecule has 0 radical (unpaired) electrons. The van der Waals surface area contributed by atoms with E-state index in [0.29, 0.717) is 5.69 Å². The molecule has 2 N–H and O–H groups in total. The van der Waals surface area contributed by atoms with Crippen LogP contribution < -0.4 is 5.73 Å². The Bertz CT molecular complexity index is 631. The van der Waals surface area contributed by atoms with Crippen molar-refractivity contribution in [1.82, 2.24) is 4.98 Å². The Hall–Kier alpha value is -1.74. The minimum absolute atomic E-state index is 0.699. The van der Waals surface area contributed by atoms with Gasteiger partial charge in [-0.2, -0.15) is 0 Å². The second kappa shape index (κ2) is 3.39. The van der Waals surface area contributed by atoms with Crippen LogP contribution in [0, 0.1) is 0 Å². The number of anilines is 1. The van der Waals surface area contributed by atoms with E-state index >= 15 is 0 Å². The van der Waals surface area contributed by atoms with E-state index in [0.717, 1.165) is 26.6 Å². The van der Waals surface area contributed by atoms with Crippen LogP contribution in [0.3, 0.4) is 0 Å². The highest BCUT2D eigenvalue weighted by Gasteiger charge is 2.09. The van der Waals surface area contributed by atoms with Gasteiger partial charge >= 0.3 is 0 Å². The van der Waals surface area contributed by atoms with Crippen LogP contribution in [0.25, 0.3) is 21.7 Å². The van der Waals surface area contributed by atoms with Crippen molar-refractivity contribution in [3.63, 3.8) is 0 Å². The topological polar surface area (TPSA) is 38.9 Å². The molecule has 2 aromatic carbocycles. The lowest BCUT2D eigenvalue weighted by Gasteiger charge is -2.09. The monoisotopic (exact) mass is 226 g/mol. The van der Waals surface area contributed by atoms with Crippen molar-refractivity contribution in [3.8, 4) is 0 Å². The van der Waals surface area contributed by atoms with Crippen LogP contribution in [-0.2, 0) is 0 Å². The van der Waals surface area contributed by atoms with Crippen LogP contribution in [0.2, 0.25) is 0 Å². The molecule has 0 fully saturated rings. The molecular formula is C13H10N2S. The first-order valence-corrected chi connectivity index (χ1v) is 5.47. The number of nitrogens with zero attached hydrogens (tertiary/aromatic N) is 1. The zero-order valence-corrected chi connectivity index (χ0v) is 9.41. The zero-order chi connectivity index (χ0) is 11.1. The van der Waals surface area contributed by atoms with E-state index in [9.17, 15) is 0 Å². The quantitative estimate of drug-likeness (QED) is 0.351. The summed E-state index contributed by atoms with van der Waals surface area (Å²) >= 11 is 4.49. The predicted molar refractivity (Wildman–Crippen MR) is 70.9 cm³/mol. The van der Waals surface area contributed by atoms with Crippen LogP contribution in [-0.4, -0.2) is 4.98 Å². The number of pyridine rings is 1. The van der Waals surface area contributed by atoms with Crippen molar-refractivity contribution in [1.29, 1.82) is 0 Å². The third-order valence-electron chi connectivity index (χ3n) is 2.79. The molecule has 0 atom stereocenters. The molecular weight excluding hydrogens is 216 g/mol. The van der Waals surface area contributed by atoms with Crippen molar-refractivity contribution >= 4 is 40.0 Å². The first-order chi connectivity index (χ1) is 7.79. The summed E-state index contributed by atoms with van der Waals surface area (Å²) < 4.78 is 0. The highest BCUT2D eigenvalue weighted by Crippen LogP contribution is 2.35. The van der Waals surface area contributed by atoms with Gasteiger partial charge in [-0.15, -0.1) is 12.6 Å². The van der Waals surface area contributed by atoms with Gasteiger partial charge in [0.2, 0.25) is 0 Å². The summed E-state index contributed by atoms with van der Waals surface area (Å²) in [6.07, 6.45) is 1.78. The third kappa shape index (κ3) is 1.18. The average molecular weight is 226 g/mol. The molecule has 0 aliphatic rings. The van der Waals surface area contributed by atoms with Crippen molar-refractivity contribution in [2.45, 2.75) is 4.90 Å². The van der Waals surface area contributed by atoms with E-state index in [1.165, 1.54) is 0 Å². The number of rotatable bonds is 0. The number of hydrogen-bond acceptors (Lipinski definition) is 3. The Labute approximate surface area is 98.5 Å². The van der Waals surface area contributed by atoms with Gasteiger partial charge in [-0.05, 0) is 17.5 Å². The van der Waals surface area contributed by atoms with Gasteiger partial charge in [-0.1, -0.05) is 24.3 Å². The van der Waals surface area contributed by atoms with E-state index in [-0.39, 0.29) is 0 Å². The minimum Gasteiger partial charge on any atom is -0.397 e. The summed E-state index contributed by atoms with van der Waals surface area (Å²) in [6, 6.07) is 11.9. The molecule has 0 unspecified atom stereocenters. The lowest BCUT2D eigenvalue weighted by Crippen LogP contribution is -1.92. The highest BCUT2D eigenvalue weighted by molar-refractivity contribution is 7.80. The Morgan fingerprint density at radius 2 is 1.62 bits per heavy atom. The summed E-state index contributed by atoms with van der Waals surface area (Å²) in [5.74, 6) is 0. The Morgan fingerprint density at radius 1 is 0.938 bits per heavy atom. The van der Waals surface area contributed by atoms with Crippen molar-refractivity contribution < 1.29 is 0 Å². The standard InChI is InChI=1S/C13H10N2S/c14-11-10-6-3-7-15-12(10)8-4-1-2-5-9(8)13(11)16/h1-7,16H,14H2. The molecule has 3 rings (SSSR count). The van der Waals surface area contributed by atoms with E-state index in [4.69, 9.17) is 5.73 Å². The predicted octanol–water partition coefficient (Wildman–Crippen LogP) is 3.26. The molecule has 3 heteroatoms. The van der Waals surface area contributed by atoms with Crippen LogP contribution in [0.15, 0.2) is 47.5 Å². The normalized spacial score (nSPS) is 11.1. The summed E-state index contributed by atoms with van der Waals surface area (Å²) in [7, 11) is 0. The number of fused-ring (bicyclic) bond motifs is 3. The Morgan fingerprint density at radius 3 is 2.44 bits per heavy atom. The zero-order valence-electron chi connectivity index (χ0n) is 8.51. The van der Waals surface area contributed by atoms with Gasteiger partial charge in [0.25, 0.3) is 0 Å². The van der Waals surface area contributed by atoms with Gasteiger partial charge in [-0.3, -0.25) is 4.98 Å². The van der Waals surface area contributed by atoms with Crippen molar-refractivity contribution in [2.24, 2.45) is 0 Å². The first kappa shape index (κ1) is 9.48. The molecule has 0 saturated carbocycles. The van der Waals surface area contributed by atoms with Crippen LogP contribution in [0.1, 0.15) is 0 Å². The van der Waals surface area contributed by atoms with Crippen molar-refractivity contribution in [3.05, 3.63) is 42.6 Å². The molecule has 0 amide bonds. The fourth-order valence-electron chi connectivity index (χ4n) is 2.01. The number of nitrogens with two attached hydrogens (primary N) is 1. The fourth-order valence-corrected chi connectivity index (χ4v) is 2.32. The molecule has 16 heavy (non-hydrogen) atoms. The van der Waals surface area contributed by atoms with Crippen LogP contribution >= 0.6 is 12.6 Å². The molecule has 1 aromatic heterocycles. The van der Waals surface area contributed by atoms with Gasteiger partial charge in [0, 0.05) is 21.9 Å². The molecule has 78 valence electrons. The lowest BCUT2D eigenvalue weighted by atomic mass is 10.0. The maximum Gasteiger partial charge on any atom is 0.0801 e. The molecule has 0 aliphatic heterocycles. The van der Waals surface area contributed by atoms with Crippen LogP contribution in [0.5, 0.6) is 0 Å². The number of benzene rings is 2. The lowest BCUT2D eigenvalue weighted by molar-refractivity contribution is 1.42. The number of nitrogen functional groups attached to an aromatic ring is 1. The Kier molecular flexibility index (Phi) is 2.01. The second-order valence-electron chi connectivity index (χ2n) is 3.71. The number of thiol groups is 1. The number of hydrogen-bond donors (Lipinski definition) is 2. The van der Waals surface area contributed by atoms with Gasteiger partial charge in [0.15, 0.2) is 0 Å².